The Morgan fingerprint density at radius 3 is 0.889 bits per heavy atom. The zero-order valence-electron chi connectivity index (χ0n) is 16.1. The van der Waals surface area contributed by atoms with E-state index in [2.05, 4.69) is 0 Å². The first-order chi connectivity index (χ1) is 13.2. The van der Waals surface area contributed by atoms with Gasteiger partial charge in [-0.15, -0.1) is 0 Å². The lowest BCUT2D eigenvalue weighted by molar-refractivity contribution is 0.0584. The van der Waals surface area contributed by atoms with E-state index in [1.165, 1.54) is 0 Å². The summed E-state index contributed by atoms with van der Waals surface area (Å²) >= 11 is 0. The summed E-state index contributed by atoms with van der Waals surface area (Å²) in [6.45, 7) is 0. The Morgan fingerprint density at radius 2 is 0.704 bits per heavy atom. The highest BCUT2D eigenvalue weighted by molar-refractivity contribution is 5.50. The van der Waals surface area contributed by atoms with Gasteiger partial charge in [-0.3, -0.25) is 0 Å². The molecule has 4 nitrogen and oxygen atoms in total. The largest absolute Gasteiger partial charge is 0.497 e. The van der Waals surface area contributed by atoms with E-state index in [-0.39, 0.29) is 0 Å². The lowest BCUT2D eigenvalue weighted by Crippen LogP contribution is -2.31. The molecule has 0 heterocycles. The molecule has 0 fully saturated rings. The van der Waals surface area contributed by atoms with Crippen LogP contribution in [-0.4, -0.2) is 28.4 Å². The fourth-order valence-electron chi connectivity index (χ4n) is 3.33. The predicted molar refractivity (Wildman–Crippen MR) is 106 cm³/mol. The molecule has 0 unspecified atom stereocenters. The summed E-state index contributed by atoms with van der Waals surface area (Å²) in [4.78, 5) is 0. The maximum Gasteiger partial charge on any atom is 0.143 e. The zero-order chi connectivity index (χ0) is 19.3. The minimum absolute atomic E-state index is 0.773. The zero-order valence-corrected chi connectivity index (χ0v) is 16.1. The van der Waals surface area contributed by atoms with Gasteiger partial charge in [-0.25, -0.2) is 0 Å². The molecule has 0 atom stereocenters. The summed E-state index contributed by atoms with van der Waals surface area (Å²) in [5.74, 6) is 2.40. The second-order valence-electron chi connectivity index (χ2n) is 6.07. The van der Waals surface area contributed by atoms with Crippen molar-refractivity contribution in [1.82, 2.24) is 0 Å². The molecule has 0 N–H and O–H groups in total. The van der Waals surface area contributed by atoms with Crippen LogP contribution in [0.2, 0.25) is 0 Å². The van der Waals surface area contributed by atoms with Crippen LogP contribution in [0.15, 0.2) is 72.8 Å². The first-order valence-corrected chi connectivity index (χ1v) is 8.66. The summed E-state index contributed by atoms with van der Waals surface area (Å²) in [6, 6.07) is 23.8. The van der Waals surface area contributed by atoms with Crippen molar-refractivity contribution in [3.8, 4) is 17.2 Å². The number of rotatable bonds is 7. The van der Waals surface area contributed by atoms with E-state index in [0.717, 1.165) is 33.9 Å². The van der Waals surface area contributed by atoms with Gasteiger partial charge in [-0.1, -0.05) is 36.4 Å². The van der Waals surface area contributed by atoms with Crippen molar-refractivity contribution in [2.75, 3.05) is 28.4 Å². The van der Waals surface area contributed by atoms with Gasteiger partial charge >= 0.3 is 0 Å². The molecule has 4 heteroatoms. The van der Waals surface area contributed by atoms with E-state index < -0.39 is 5.60 Å². The molecular formula is C23H24O4. The topological polar surface area (TPSA) is 36.9 Å². The lowest BCUT2D eigenvalue weighted by atomic mass is 9.80. The smallest absolute Gasteiger partial charge is 0.143 e. The third-order valence-electron chi connectivity index (χ3n) is 4.80. The summed E-state index contributed by atoms with van der Waals surface area (Å²) < 4.78 is 22.1. The highest BCUT2D eigenvalue weighted by atomic mass is 16.5. The Balaban J connectivity index is 2.20. The van der Waals surface area contributed by atoms with Crippen LogP contribution in [0.5, 0.6) is 17.2 Å². The van der Waals surface area contributed by atoms with Gasteiger partial charge in [0.05, 0.1) is 21.3 Å². The van der Waals surface area contributed by atoms with Gasteiger partial charge in [0.1, 0.15) is 22.8 Å². The van der Waals surface area contributed by atoms with Crippen molar-refractivity contribution in [2.24, 2.45) is 0 Å². The van der Waals surface area contributed by atoms with Crippen LogP contribution < -0.4 is 14.2 Å². The normalized spacial score (nSPS) is 11.1. The van der Waals surface area contributed by atoms with Crippen molar-refractivity contribution in [2.45, 2.75) is 5.60 Å². The molecule has 0 bridgehead atoms. The predicted octanol–water partition coefficient (Wildman–Crippen LogP) is 4.65. The van der Waals surface area contributed by atoms with E-state index in [9.17, 15) is 0 Å². The molecule has 0 radical (unpaired) electrons. The van der Waals surface area contributed by atoms with Gasteiger partial charge in [-0.2, -0.15) is 0 Å². The average Bonchev–Trinajstić information content (AvgIpc) is 2.76. The Labute approximate surface area is 160 Å². The van der Waals surface area contributed by atoms with E-state index in [0.29, 0.717) is 0 Å². The van der Waals surface area contributed by atoms with Crippen LogP contribution >= 0.6 is 0 Å². The molecule has 0 saturated carbocycles. The number of benzene rings is 3. The SMILES string of the molecule is COc1ccc(C(OC)(c2ccc(OC)cc2)c2ccc(OC)cc2)cc1. The van der Waals surface area contributed by atoms with Gasteiger partial charge in [0.25, 0.3) is 0 Å². The lowest BCUT2D eigenvalue weighted by Gasteiger charge is -2.34. The monoisotopic (exact) mass is 364 g/mol. The van der Waals surface area contributed by atoms with E-state index in [1.807, 2.05) is 72.8 Å². The standard InChI is InChI=1S/C23H24O4/c1-24-20-11-5-17(6-12-20)23(27-4,18-7-13-21(25-2)14-8-18)19-9-15-22(26-3)16-10-19/h5-16H,1-4H3. The van der Waals surface area contributed by atoms with Gasteiger partial charge < -0.3 is 18.9 Å². The summed E-state index contributed by atoms with van der Waals surface area (Å²) in [5.41, 5.74) is 2.23. The molecule has 27 heavy (non-hydrogen) atoms. The third-order valence-corrected chi connectivity index (χ3v) is 4.80. The van der Waals surface area contributed by atoms with Crippen molar-refractivity contribution < 1.29 is 18.9 Å². The van der Waals surface area contributed by atoms with Gasteiger partial charge in [-0.05, 0) is 53.1 Å². The van der Waals surface area contributed by atoms with Crippen LogP contribution in [0.25, 0.3) is 0 Å². The van der Waals surface area contributed by atoms with Gasteiger partial charge in [0.2, 0.25) is 0 Å². The second-order valence-corrected chi connectivity index (χ2v) is 6.07. The Bertz CT molecular complexity index is 737. The first-order valence-electron chi connectivity index (χ1n) is 8.66. The summed E-state index contributed by atoms with van der Waals surface area (Å²) in [6.07, 6.45) is 0. The van der Waals surface area contributed by atoms with Crippen molar-refractivity contribution in [3.05, 3.63) is 89.5 Å². The molecule has 3 aromatic rings. The Kier molecular flexibility index (Phi) is 5.67. The Hall–Kier alpha value is -2.98. The Morgan fingerprint density at radius 1 is 0.444 bits per heavy atom. The van der Waals surface area contributed by atoms with Gasteiger partial charge in [0, 0.05) is 7.11 Å². The molecule has 140 valence electrons. The summed E-state index contributed by atoms with van der Waals surface area (Å²) in [5, 5.41) is 0. The number of ether oxygens (including phenoxy) is 4. The maximum absolute atomic E-state index is 6.19. The molecule has 3 rings (SSSR count). The molecule has 0 aromatic heterocycles. The minimum Gasteiger partial charge on any atom is -0.497 e. The number of hydrogen-bond donors (Lipinski definition) is 0. The molecule has 0 aliphatic rings. The van der Waals surface area contributed by atoms with Crippen LogP contribution in [0.3, 0.4) is 0 Å². The third kappa shape index (κ3) is 3.49. The van der Waals surface area contributed by atoms with Gasteiger partial charge in [0.15, 0.2) is 0 Å². The average molecular weight is 364 g/mol. The van der Waals surface area contributed by atoms with Crippen LogP contribution in [-0.2, 0) is 10.3 Å². The molecule has 0 aliphatic heterocycles. The van der Waals surface area contributed by atoms with Crippen LogP contribution in [0.1, 0.15) is 16.7 Å². The number of methoxy groups -OCH3 is 4. The van der Waals surface area contributed by atoms with Crippen LogP contribution in [0.4, 0.5) is 0 Å². The fraction of sp³-hybridized carbons (Fsp3) is 0.217. The quantitative estimate of drug-likeness (QED) is 0.572. The molecule has 0 aliphatic carbocycles. The van der Waals surface area contributed by atoms with Crippen molar-refractivity contribution in [3.63, 3.8) is 0 Å². The molecule has 3 aromatic carbocycles. The highest BCUT2D eigenvalue weighted by Crippen LogP contribution is 2.41. The van der Waals surface area contributed by atoms with E-state index >= 15 is 0 Å². The van der Waals surface area contributed by atoms with E-state index in [1.54, 1.807) is 28.4 Å². The maximum atomic E-state index is 6.19. The first kappa shape index (κ1) is 18.8. The number of hydrogen-bond acceptors (Lipinski definition) is 4. The fourth-order valence-corrected chi connectivity index (χ4v) is 3.33. The molecular weight excluding hydrogens is 340 g/mol. The second kappa shape index (κ2) is 8.14. The molecule has 0 saturated heterocycles. The van der Waals surface area contributed by atoms with Crippen LogP contribution in [0, 0.1) is 0 Å². The molecule has 0 spiro atoms. The summed E-state index contributed by atoms with van der Waals surface area (Å²) in [7, 11) is 6.70. The van der Waals surface area contributed by atoms with Crippen molar-refractivity contribution >= 4 is 0 Å². The van der Waals surface area contributed by atoms with Crippen molar-refractivity contribution in [1.29, 1.82) is 0 Å². The highest BCUT2D eigenvalue weighted by Gasteiger charge is 2.36. The molecule has 0 amide bonds. The minimum atomic E-state index is -0.773. The van der Waals surface area contributed by atoms with E-state index in [4.69, 9.17) is 18.9 Å².